The van der Waals surface area contributed by atoms with Crippen molar-refractivity contribution in [2.24, 2.45) is 5.92 Å². The molecule has 3 heteroatoms. The lowest BCUT2D eigenvalue weighted by atomic mass is 9.90. The van der Waals surface area contributed by atoms with E-state index in [4.69, 9.17) is 4.74 Å². The van der Waals surface area contributed by atoms with Crippen molar-refractivity contribution >= 4 is 24.2 Å². The Morgan fingerprint density at radius 3 is 2.57 bits per heavy atom. The van der Waals surface area contributed by atoms with Gasteiger partial charge in [-0.1, -0.05) is 62.4 Å². The fourth-order valence-corrected chi connectivity index (χ4v) is 6.87. The van der Waals surface area contributed by atoms with Crippen LogP contribution in [0.25, 0.3) is 0 Å². The molecule has 0 unspecified atom stereocenters. The molecule has 2 aliphatic heterocycles. The number of hydrogen-bond donors (Lipinski definition) is 0. The summed E-state index contributed by atoms with van der Waals surface area (Å²) >= 11 is 0. The van der Waals surface area contributed by atoms with Crippen LogP contribution in [0.4, 0.5) is 5.69 Å². The van der Waals surface area contributed by atoms with Gasteiger partial charge in [0.15, 0.2) is 5.97 Å². The van der Waals surface area contributed by atoms with Gasteiger partial charge in [-0.3, -0.25) is 0 Å². The lowest BCUT2D eigenvalue weighted by Gasteiger charge is -2.42. The molecule has 0 amide bonds. The maximum absolute atomic E-state index is 6.09. The second-order valence-corrected chi connectivity index (χ2v) is 8.99. The third-order valence-electron chi connectivity index (χ3n) is 5.16. The van der Waals surface area contributed by atoms with E-state index in [0.29, 0.717) is 12.0 Å². The molecule has 2 nitrogen and oxygen atoms in total. The summed E-state index contributed by atoms with van der Waals surface area (Å²) in [7, 11) is 1.39. The quantitative estimate of drug-likeness (QED) is 0.795. The SMILES string of the molecule is CO[C@H]1N2c3c(cccc3[P@]1c1ccccc1)CC[C@H]2C(C)C. The Kier molecular flexibility index (Phi) is 3.91. The van der Waals surface area contributed by atoms with Gasteiger partial charge in [-0.2, -0.15) is 0 Å². The zero-order chi connectivity index (χ0) is 16.0. The molecule has 2 aliphatic rings. The lowest BCUT2D eigenvalue weighted by molar-refractivity contribution is 0.150. The summed E-state index contributed by atoms with van der Waals surface area (Å²) in [5, 5.41) is 2.92. The molecule has 0 fully saturated rings. The van der Waals surface area contributed by atoms with Crippen LogP contribution in [0.15, 0.2) is 48.5 Å². The number of para-hydroxylation sites is 1. The van der Waals surface area contributed by atoms with E-state index < -0.39 is 7.92 Å². The summed E-state index contributed by atoms with van der Waals surface area (Å²) in [6, 6.07) is 18.4. The highest BCUT2D eigenvalue weighted by atomic mass is 31.1. The number of nitrogens with zero attached hydrogens (tertiary/aromatic N) is 1. The predicted molar refractivity (Wildman–Crippen MR) is 99.3 cm³/mol. The minimum Gasteiger partial charge on any atom is -0.357 e. The normalized spacial score (nSPS) is 25.7. The van der Waals surface area contributed by atoms with Crippen molar-refractivity contribution in [1.82, 2.24) is 0 Å². The monoisotopic (exact) mass is 325 g/mol. The molecule has 23 heavy (non-hydrogen) atoms. The van der Waals surface area contributed by atoms with E-state index >= 15 is 0 Å². The number of benzene rings is 2. The molecule has 3 atom stereocenters. The Morgan fingerprint density at radius 2 is 1.87 bits per heavy atom. The number of hydrogen-bond acceptors (Lipinski definition) is 2. The van der Waals surface area contributed by atoms with Crippen LogP contribution in [0, 0.1) is 5.92 Å². The molecule has 2 heterocycles. The maximum atomic E-state index is 6.09. The van der Waals surface area contributed by atoms with E-state index in [1.54, 1.807) is 0 Å². The smallest absolute Gasteiger partial charge is 0.157 e. The van der Waals surface area contributed by atoms with Gasteiger partial charge in [-0.15, -0.1) is 0 Å². The standard InChI is InChI=1S/C20H24NOP/c1-14(2)17-13-12-15-8-7-11-18-19(15)21(17)20(22-3)23(18)16-9-5-4-6-10-16/h4-11,14,17,20H,12-13H2,1-3H3/t17-,20+,23-/m0/s1. The minimum absolute atomic E-state index is 0.163. The lowest BCUT2D eigenvalue weighted by Crippen LogP contribution is -2.47. The summed E-state index contributed by atoms with van der Waals surface area (Å²) in [5.41, 5.74) is 2.97. The van der Waals surface area contributed by atoms with Crippen LogP contribution < -0.4 is 15.5 Å². The van der Waals surface area contributed by atoms with Gasteiger partial charge >= 0.3 is 0 Å². The first-order valence-corrected chi connectivity index (χ1v) is 9.90. The van der Waals surface area contributed by atoms with E-state index in [9.17, 15) is 0 Å². The number of anilines is 1. The Balaban J connectivity index is 1.90. The third kappa shape index (κ3) is 2.31. The van der Waals surface area contributed by atoms with Crippen molar-refractivity contribution in [2.75, 3.05) is 12.0 Å². The Morgan fingerprint density at radius 1 is 1.09 bits per heavy atom. The van der Waals surface area contributed by atoms with Crippen molar-refractivity contribution in [1.29, 1.82) is 0 Å². The van der Waals surface area contributed by atoms with Crippen LogP contribution in [0.3, 0.4) is 0 Å². The molecule has 0 bridgehead atoms. The molecule has 0 saturated heterocycles. The first kappa shape index (κ1) is 15.2. The number of rotatable bonds is 3. The Labute approximate surface area is 140 Å². The van der Waals surface area contributed by atoms with Crippen LogP contribution in [0.1, 0.15) is 25.8 Å². The van der Waals surface area contributed by atoms with Crippen molar-refractivity contribution in [3.63, 3.8) is 0 Å². The predicted octanol–water partition coefficient (Wildman–Crippen LogP) is 3.84. The van der Waals surface area contributed by atoms with Gasteiger partial charge in [-0.05, 0) is 29.6 Å². The fraction of sp³-hybridized carbons (Fsp3) is 0.400. The number of ether oxygens (including phenoxy) is 1. The molecule has 0 N–H and O–H groups in total. The highest BCUT2D eigenvalue weighted by molar-refractivity contribution is 7.74. The van der Waals surface area contributed by atoms with Crippen molar-refractivity contribution in [3.8, 4) is 0 Å². The molecule has 2 aromatic rings. The highest BCUT2D eigenvalue weighted by Crippen LogP contribution is 2.55. The van der Waals surface area contributed by atoms with Crippen molar-refractivity contribution in [2.45, 2.75) is 38.7 Å². The zero-order valence-electron chi connectivity index (χ0n) is 14.1. The average molecular weight is 325 g/mol. The van der Waals surface area contributed by atoms with Crippen LogP contribution >= 0.6 is 7.92 Å². The molecule has 2 aromatic carbocycles. The summed E-state index contributed by atoms with van der Waals surface area (Å²) < 4.78 is 6.09. The van der Waals surface area contributed by atoms with E-state index in [1.807, 2.05) is 7.11 Å². The second-order valence-electron chi connectivity index (χ2n) is 6.81. The van der Waals surface area contributed by atoms with Crippen LogP contribution in [-0.4, -0.2) is 19.1 Å². The van der Waals surface area contributed by atoms with Gasteiger partial charge in [0.1, 0.15) is 0 Å². The largest absolute Gasteiger partial charge is 0.357 e. The molecule has 0 radical (unpaired) electrons. The third-order valence-corrected chi connectivity index (χ3v) is 7.79. The van der Waals surface area contributed by atoms with Crippen LogP contribution in [-0.2, 0) is 11.2 Å². The second kappa shape index (κ2) is 5.92. The topological polar surface area (TPSA) is 12.5 Å². The van der Waals surface area contributed by atoms with E-state index in [0.717, 1.165) is 0 Å². The van der Waals surface area contributed by atoms with Crippen molar-refractivity contribution < 1.29 is 4.74 Å². The fourth-order valence-electron chi connectivity index (χ4n) is 4.13. The van der Waals surface area contributed by atoms with E-state index in [-0.39, 0.29) is 5.97 Å². The number of methoxy groups -OCH3 is 1. The number of aryl methyl sites for hydroxylation is 1. The molecule has 0 spiro atoms. The van der Waals surface area contributed by atoms with Crippen LogP contribution in [0.5, 0.6) is 0 Å². The Hall–Kier alpha value is -1.37. The van der Waals surface area contributed by atoms with Gasteiger partial charge in [-0.25, -0.2) is 0 Å². The average Bonchev–Trinajstić information content (AvgIpc) is 2.92. The molecule has 120 valence electrons. The van der Waals surface area contributed by atoms with Gasteiger partial charge in [0.25, 0.3) is 0 Å². The van der Waals surface area contributed by atoms with Gasteiger partial charge in [0.05, 0.1) is 5.69 Å². The van der Waals surface area contributed by atoms with Gasteiger partial charge < -0.3 is 9.64 Å². The molecule has 0 aromatic heterocycles. The minimum atomic E-state index is -0.489. The van der Waals surface area contributed by atoms with Crippen molar-refractivity contribution in [3.05, 3.63) is 54.1 Å². The summed E-state index contributed by atoms with van der Waals surface area (Å²) in [6.07, 6.45) is 2.42. The first-order chi connectivity index (χ1) is 11.2. The molecular weight excluding hydrogens is 301 g/mol. The zero-order valence-corrected chi connectivity index (χ0v) is 15.0. The van der Waals surface area contributed by atoms with Crippen LogP contribution in [0.2, 0.25) is 0 Å². The molecular formula is C20H24NOP. The van der Waals surface area contributed by atoms with Gasteiger partial charge in [0, 0.05) is 26.4 Å². The Bertz CT molecular complexity index is 700. The highest BCUT2D eigenvalue weighted by Gasteiger charge is 2.46. The summed E-state index contributed by atoms with van der Waals surface area (Å²) in [4.78, 5) is 2.61. The van der Waals surface area contributed by atoms with E-state index in [2.05, 4.69) is 67.3 Å². The molecule has 0 saturated carbocycles. The van der Waals surface area contributed by atoms with Gasteiger partial charge in [0.2, 0.25) is 0 Å². The molecule has 0 aliphatic carbocycles. The first-order valence-electron chi connectivity index (χ1n) is 8.49. The molecule has 4 rings (SSSR count). The maximum Gasteiger partial charge on any atom is 0.157 e. The summed E-state index contributed by atoms with van der Waals surface area (Å²) in [6.45, 7) is 4.68. The van der Waals surface area contributed by atoms with E-state index in [1.165, 1.54) is 34.7 Å². The summed E-state index contributed by atoms with van der Waals surface area (Å²) in [5.74, 6) is 0.802.